The summed E-state index contributed by atoms with van der Waals surface area (Å²) in [5, 5.41) is 10.5. The number of carbonyl (C=O) groups is 1. The Bertz CT molecular complexity index is 809. The van der Waals surface area contributed by atoms with E-state index in [1.807, 2.05) is 15.3 Å². The summed E-state index contributed by atoms with van der Waals surface area (Å²) in [5.74, 6) is 0.451. The third-order valence-corrected chi connectivity index (χ3v) is 8.83. The molecule has 1 amide bonds. The third-order valence-electron chi connectivity index (χ3n) is 7.73. The molecule has 6 heteroatoms. The summed E-state index contributed by atoms with van der Waals surface area (Å²) in [6.07, 6.45) is 4.91. The number of carbonyl (C=O) groups excluding carboxylic acids is 1. The molecule has 0 spiro atoms. The molecule has 1 aromatic carbocycles. The molecule has 4 rings (SSSR count). The topological polar surface area (TPSA) is 60.9 Å². The molecule has 2 unspecified atom stereocenters. The first-order valence-corrected chi connectivity index (χ1v) is 11.4. The van der Waals surface area contributed by atoms with Gasteiger partial charge in [-0.1, -0.05) is 32.9 Å². The smallest absolute Gasteiger partial charge is 0.241 e. The maximum absolute atomic E-state index is 13.5. The lowest BCUT2D eigenvalue weighted by atomic mass is 9.51. The molecule has 5 nitrogen and oxygen atoms in total. The number of likely N-dealkylation sites (tertiary alicyclic amines) is 1. The molecule has 3 aliphatic rings. The van der Waals surface area contributed by atoms with E-state index in [2.05, 4.69) is 26.8 Å². The van der Waals surface area contributed by atoms with Crippen LogP contribution in [0.4, 0.5) is 0 Å². The van der Waals surface area contributed by atoms with Crippen molar-refractivity contribution < 1.29 is 14.1 Å². The van der Waals surface area contributed by atoms with Crippen molar-refractivity contribution in [2.75, 3.05) is 19.3 Å². The van der Waals surface area contributed by atoms with E-state index >= 15 is 0 Å². The lowest BCUT2D eigenvalue weighted by Crippen LogP contribution is -2.66. The number of nitrogens with zero attached hydrogens (tertiary/aromatic N) is 2. The van der Waals surface area contributed by atoms with Crippen LogP contribution in [0.25, 0.3) is 0 Å². The van der Waals surface area contributed by atoms with Gasteiger partial charge in [0.15, 0.2) is 0 Å². The second-order valence-electron chi connectivity index (χ2n) is 9.08. The summed E-state index contributed by atoms with van der Waals surface area (Å²) in [7, 11) is -1.12. The van der Waals surface area contributed by atoms with Crippen LogP contribution in [-0.2, 0) is 27.6 Å². The minimum absolute atomic E-state index is 0.0392. The van der Waals surface area contributed by atoms with Gasteiger partial charge < -0.3 is 10.0 Å². The first-order valence-electron chi connectivity index (χ1n) is 9.90. The summed E-state index contributed by atoms with van der Waals surface area (Å²) >= 11 is 0. The van der Waals surface area contributed by atoms with Crippen LogP contribution < -0.4 is 0 Å². The lowest BCUT2D eigenvalue weighted by Gasteiger charge is -2.61. The Morgan fingerprint density at radius 1 is 1.26 bits per heavy atom. The predicted molar refractivity (Wildman–Crippen MR) is 107 cm³/mol. The van der Waals surface area contributed by atoms with E-state index in [0.717, 1.165) is 37.9 Å². The van der Waals surface area contributed by atoms with Gasteiger partial charge in [0.1, 0.15) is 11.8 Å². The lowest BCUT2D eigenvalue weighted by molar-refractivity contribution is -0.147. The van der Waals surface area contributed by atoms with Crippen LogP contribution in [0, 0.1) is 5.41 Å². The summed E-state index contributed by atoms with van der Waals surface area (Å²) in [6.45, 7) is 8.24. The first kappa shape index (κ1) is 18.9. The molecule has 2 fully saturated rings. The third kappa shape index (κ3) is 2.59. The Hall–Kier alpha value is -1.40. The average molecular weight is 391 g/mol. The van der Waals surface area contributed by atoms with Crippen molar-refractivity contribution in [2.45, 2.75) is 64.0 Å². The largest absolute Gasteiger partial charge is 0.508 e. The van der Waals surface area contributed by atoms with Crippen molar-refractivity contribution in [1.82, 2.24) is 9.21 Å². The number of benzene rings is 1. The highest BCUT2D eigenvalue weighted by molar-refractivity contribution is 7.81. The van der Waals surface area contributed by atoms with Gasteiger partial charge in [-0.15, -0.1) is 0 Å². The van der Waals surface area contributed by atoms with Crippen LogP contribution in [0.5, 0.6) is 5.75 Å². The zero-order valence-corrected chi connectivity index (χ0v) is 17.5. The molecule has 0 radical (unpaired) electrons. The second kappa shape index (κ2) is 6.31. The van der Waals surface area contributed by atoms with E-state index in [9.17, 15) is 14.1 Å². The molecular weight excluding hydrogens is 360 g/mol. The maximum Gasteiger partial charge on any atom is 0.241 e. The molecule has 2 heterocycles. The molecular formula is C21H30N2O3S. The Balaban J connectivity index is 1.73. The van der Waals surface area contributed by atoms with Crippen LogP contribution in [-0.4, -0.2) is 55.9 Å². The normalized spacial score (nSPS) is 33.6. The molecule has 148 valence electrons. The van der Waals surface area contributed by atoms with Crippen LogP contribution in [0.1, 0.15) is 51.2 Å². The molecule has 4 atom stereocenters. The van der Waals surface area contributed by atoms with E-state index in [1.165, 1.54) is 5.56 Å². The van der Waals surface area contributed by atoms with E-state index in [-0.39, 0.29) is 28.8 Å². The number of phenolic OH excluding ortho intramolecular Hbond substituents is 1. The highest BCUT2D eigenvalue weighted by Gasteiger charge is 2.58. The zero-order valence-electron chi connectivity index (χ0n) is 16.7. The number of hydrogen-bond donors (Lipinski definition) is 1. The van der Waals surface area contributed by atoms with E-state index in [0.29, 0.717) is 12.2 Å². The van der Waals surface area contributed by atoms with Gasteiger partial charge in [0.2, 0.25) is 5.91 Å². The minimum atomic E-state index is -1.12. The van der Waals surface area contributed by atoms with Crippen LogP contribution in [0.2, 0.25) is 0 Å². The molecule has 1 aromatic rings. The van der Waals surface area contributed by atoms with Crippen LogP contribution in [0.3, 0.4) is 0 Å². The van der Waals surface area contributed by atoms with Crippen molar-refractivity contribution in [2.24, 2.45) is 5.41 Å². The summed E-state index contributed by atoms with van der Waals surface area (Å²) in [6, 6.07) is 5.59. The molecule has 2 bridgehead atoms. The van der Waals surface area contributed by atoms with Crippen molar-refractivity contribution >= 4 is 16.9 Å². The fourth-order valence-electron chi connectivity index (χ4n) is 5.68. The fraction of sp³-hybridized carbons (Fsp3) is 0.667. The van der Waals surface area contributed by atoms with Gasteiger partial charge in [-0.25, -0.2) is 8.51 Å². The summed E-state index contributed by atoms with van der Waals surface area (Å²) < 4.78 is 13.9. The van der Waals surface area contributed by atoms with Crippen LogP contribution >= 0.6 is 0 Å². The Kier molecular flexibility index (Phi) is 4.43. The monoisotopic (exact) mass is 390 g/mol. The summed E-state index contributed by atoms with van der Waals surface area (Å²) in [4.78, 5) is 15.5. The summed E-state index contributed by atoms with van der Waals surface area (Å²) in [5.41, 5.74) is 2.04. The van der Waals surface area contributed by atoms with E-state index < -0.39 is 11.0 Å². The standard InChI is InChI=1S/C21H30N2O3S/c1-20(2)18-13-14-15(7-5-9-17(14)24)21(20,3)10-12-22(18)19(25)16-8-6-11-23(16)27(4)26/h5,7,9,16,18,24H,6,8,10-13H2,1-4H3/t16?,18-,21+,27?/m1/s1. The number of aromatic hydroxyl groups is 1. The fourth-order valence-corrected chi connectivity index (χ4v) is 6.62. The SMILES string of the molecule is CS(=O)N1CCCC1C(=O)N1CC[C@@]2(C)c3cccc(O)c3C[C@@H]1C2(C)C. The van der Waals surface area contributed by atoms with Crippen molar-refractivity contribution in [3.05, 3.63) is 29.3 Å². The van der Waals surface area contributed by atoms with Gasteiger partial charge in [-0.3, -0.25) is 4.79 Å². The molecule has 0 aromatic heterocycles. The highest BCUT2D eigenvalue weighted by atomic mass is 32.2. The Labute approximate surface area is 164 Å². The number of amides is 1. The highest BCUT2D eigenvalue weighted by Crippen LogP contribution is 2.57. The van der Waals surface area contributed by atoms with Crippen molar-refractivity contribution in [1.29, 1.82) is 0 Å². The number of fused-ring (bicyclic) bond motifs is 4. The van der Waals surface area contributed by atoms with Crippen LogP contribution in [0.15, 0.2) is 18.2 Å². The molecule has 0 saturated carbocycles. The molecule has 1 N–H and O–H groups in total. The molecule has 2 aliphatic heterocycles. The number of rotatable bonds is 2. The minimum Gasteiger partial charge on any atom is -0.508 e. The maximum atomic E-state index is 13.5. The van der Waals surface area contributed by atoms with Gasteiger partial charge in [0.25, 0.3) is 0 Å². The van der Waals surface area contributed by atoms with Crippen molar-refractivity contribution in [3.8, 4) is 5.75 Å². The quantitative estimate of drug-likeness (QED) is 0.844. The number of phenols is 1. The molecule has 27 heavy (non-hydrogen) atoms. The predicted octanol–water partition coefficient (Wildman–Crippen LogP) is 2.59. The average Bonchev–Trinajstić information content (AvgIpc) is 3.08. The van der Waals surface area contributed by atoms with Gasteiger partial charge in [-0.2, -0.15) is 0 Å². The Morgan fingerprint density at radius 2 is 2.00 bits per heavy atom. The van der Waals surface area contributed by atoms with Gasteiger partial charge in [0.05, 0.1) is 11.0 Å². The Morgan fingerprint density at radius 3 is 2.70 bits per heavy atom. The molecule has 1 aliphatic carbocycles. The van der Waals surface area contributed by atoms with E-state index in [4.69, 9.17) is 0 Å². The van der Waals surface area contributed by atoms with Gasteiger partial charge in [0, 0.05) is 30.8 Å². The van der Waals surface area contributed by atoms with Gasteiger partial charge >= 0.3 is 0 Å². The molecule has 2 saturated heterocycles. The van der Waals surface area contributed by atoms with Crippen molar-refractivity contribution in [3.63, 3.8) is 0 Å². The van der Waals surface area contributed by atoms with Gasteiger partial charge in [-0.05, 0) is 48.3 Å². The number of piperidine rings is 1. The first-order chi connectivity index (χ1) is 12.7. The zero-order chi connectivity index (χ0) is 19.6. The second-order valence-corrected chi connectivity index (χ2v) is 10.4. The number of hydrogen-bond acceptors (Lipinski definition) is 3. The van der Waals surface area contributed by atoms with E-state index in [1.54, 1.807) is 12.3 Å².